The number of carboxylic acid groups (broad SMARTS) is 1. The second kappa shape index (κ2) is 15.3. The zero-order valence-corrected chi connectivity index (χ0v) is 29.4. The van der Waals surface area contributed by atoms with Crippen LogP contribution in [0.2, 0.25) is 5.02 Å². The van der Waals surface area contributed by atoms with Crippen LogP contribution in [-0.2, 0) is 27.5 Å². The molecule has 2 fully saturated rings. The molecule has 3 aliphatic rings. The summed E-state index contributed by atoms with van der Waals surface area (Å²) in [6.45, 7) is 6.28. The molecule has 0 radical (unpaired) electrons. The average molecular weight is 713 g/mol. The first-order valence-corrected chi connectivity index (χ1v) is 17.3. The van der Waals surface area contributed by atoms with Gasteiger partial charge in [-0.3, -0.25) is 19.5 Å². The molecule has 12 heteroatoms. The molecule has 3 atom stereocenters. The Kier molecular flexibility index (Phi) is 10.8. The molecule has 2 aromatic carbocycles. The van der Waals surface area contributed by atoms with Crippen molar-refractivity contribution in [3.8, 4) is 17.6 Å². The van der Waals surface area contributed by atoms with Crippen LogP contribution in [0, 0.1) is 22.2 Å². The molecule has 51 heavy (non-hydrogen) atoms. The lowest BCUT2D eigenvalue weighted by molar-refractivity contribution is -0.150. The maximum Gasteiger partial charge on any atom is 0.321 e. The SMILES string of the molecule is CC1(C)C(c2ccccc2)=CC=CC1(COc1cc(OCc2cncc(C#N)c2)c(CN2C[C@@H](O)C[C@H]2C(=O)O)cc1Cl)C(=O)N1CCOCC1. The number of benzene rings is 2. The van der Waals surface area contributed by atoms with E-state index >= 15 is 0 Å². The summed E-state index contributed by atoms with van der Waals surface area (Å²) in [5.41, 5.74) is 1.78. The summed E-state index contributed by atoms with van der Waals surface area (Å²) in [6.07, 6.45) is 8.27. The fourth-order valence-electron chi connectivity index (χ4n) is 7.17. The number of pyridine rings is 1. The predicted molar refractivity (Wildman–Crippen MR) is 190 cm³/mol. The van der Waals surface area contributed by atoms with Gasteiger partial charge in [-0.2, -0.15) is 5.26 Å². The number of β-amino-alcohol motifs (C(OH)–C–C–N with tert-alkyl or cyclic N) is 1. The summed E-state index contributed by atoms with van der Waals surface area (Å²) < 4.78 is 18.4. The molecule has 1 amide bonds. The maximum atomic E-state index is 14.7. The number of aliphatic carboxylic acids is 1. The lowest BCUT2D eigenvalue weighted by Crippen LogP contribution is -2.57. The number of halogens is 1. The highest BCUT2D eigenvalue weighted by Gasteiger charge is 2.55. The van der Waals surface area contributed by atoms with E-state index < -0.39 is 28.9 Å². The molecule has 1 aromatic heterocycles. The fourth-order valence-corrected chi connectivity index (χ4v) is 7.41. The Balaban J connectivity index is 1.35. The summed E-state index contributed by atoms with van der Waals surface area (Å²) in [5.74, 6) is -0.444. The molecule has 2 N–H and O–H groups in total. The van der Waals surface area contributed by atoms with Crippen molar-refractivity contribution in [2.75, 3.05) is 39.5 Å². The number of aliphatic hydroxyl groups is 1. The van der Waals surface area contributed by atoms with Gasteiger partial charge in [0.05, 0.1) is 29.9 Å². The largest absolute Gasteiger partial charge is 0.490 e. The van der Waals surface area contributed by atoms with E-state index in [1.807, 2.05) is 53.5 Å². The van der Waals surface area contributed by atoms with Crippen molar-refractivity contribution in [2.45, 2.75) is 45.6 Å². The zero-order chi connectivity index (χ0) is 36.2. The van der Waals surface area contributed by atoms with E-state index in [1.54, 1.807) is 29.3 Å². The Morgan fingerprint density at radius 3 is 2.59 bits per heavy atom. The van der Waals surface area contributed by atoms with Gasteiger partial charge in [-0.05, 0) is 23.3 Å². The van der Waals surface area contributed by atoms with E-state index in [-0.39, 0.29) is 49.4 Å². The van der Waals surface area contributed by atoms with Crippen molar-refractivity contribution in [1.82, 2.24) is 14.8 Å². The Morgan fingerprint density at radius 2 is 1.86 bits per heavy atom. The van der Waals surface area contributed by atoms with Crippen molar-refractivity contribution in [2.24, 2.45) is 10.8 Å². The number of allylic oxidation sites excluding steroid dienone is 3. The van der Waals surface area contributed by atoms with Crippen LogP contribution in [0.1, 0.15) is 42.5 Å². The van der Waals surface area contributed by atoms with Gasteiger partial charge in [0.1, 0.15) is 42.2 Å². The number of amides is 1. The quantitative estimate of drug-likeness (QED) is 0.275. The first kappa shape index (κ1) is 36.1. The van der Waals surface area contributed by atoms with Gasteiger partial charge >= 0.3 is 5.97 Å². The number of aromatic nitrogens is 1. The van der Waals surface area contributed by atoms with Gasteiger partial charge in [0, 0.05) is 67.6 Å². The molecule has 2 saturated heterocycles. The van der Waals surface area contributed by atoms with Crippen LogP contribution in [0.4, 0.5) is 0 Å². The van der Waals surface area contributed by atoms with Crippen molar-refractivity contribution >= 4 is 29.1 Å². The summed E-state index contributed by atoms with van der Waals surface area (Å²) in [6, 6.07) is 16.2. The van der Waals surface area contributed by atoms with Crippen LogP contribution >= 0.6 is 11.6 Å². The standard InChI is InChI=1S/C39H41ClN4O7/c1-38(2)31(28-7-4-3-5-8-28)9-6-10-39(38,37(48)43-11-13-49-14-12-43)25-51-35-18-34(50-24-27-15-26(19-41)20-42-21-27)29(16-32(35)40)22-44-23-30(45)17-33(44)36(46)47/h3-10,15-16,18,20-21,30,33,45H,11-14,17,22-25H2,1-2H3,(H,46,47)/t30-,33-,39?/m0/s1. The summed E-state index contributed by atoms with van der Waals surface area (Å²) in [4.78, 5) is 34.3. The summed E-state index contributed by atoms with van der Waals surface area (Å²) in [7, 11) is 0. The van der Waals surface area contributed by atoms with Crippen LogP contribution in [-0.4, -0.2) is 88.5 Å². The Hall–Kier alpha value is -4.73. The lowest BCUT2D eigenvalue weighted by Gasteiger charge is -2.49. The highest BCUT2D eigenvalue weighted by molar-refractivity contribution is 6.32. The molecule has 1 unspecified atom stereocenters. The van der Waals surface area contributed by atoms with Gasteiger partial charge in [-0.15, -0.1) is 0 Å². The molecule has 6 rings (SSSR count). The van der Waals surface area contributed by atoms with Crippen LogP contribution in [0.3, 0.4) is 0 Å². The number of aliphatic hydroxyl groups excluding tert-OH is 1. The molecule has 0 saturated carbocycles. The van der Waals surface area contributed by atoms with E-state index in [0.29, 0.717) is 48.7 Å². The van der Waals surface area contributed by atoms with Crippen molar-refractivity contribution < 1.29 is 34.0 Å². The summed E-state index contributed by atoms with van der Waals surface area (Å²) >= 11 is 6.91. The van der Waals surface area contributed by atoms with Crippen LogP contribution in [0.25, 0.3) is 5.57 Å². The van der Waals surface area contributed by atoms with Crippen LogP contribution < -0.4 is 9.47 Å². The first-order chi connectivity index (χ1) is 24.5. The monoisotopic (exact) mass is 712 g/mol. The Labute approximate surface area is 302 Å². The Morgan fingerprint density at radius 1 is 1.10 bits per heavy atom. The number of rotatable bonds is 11. The molecule has 0 spiro atoms. The number of likely N-dealkylation sites (tertiary alicyclic amines) is 1. The Bertz CT molecular complexity index is 1870. The third-order valence-electron chi connectivity index (χ3n) is 10.1. The first-order valence-electron chi connectivity index (χ1n) is 16.9. The zero-order valence-electron chi connectivity index (χ0n) is 28.6. The highest BCUT2D eigenvalue weighted by Crippen LogP contribution is 2.53. The number of nitriles is 1. The number of ether oxygens (including phenoxy) is 3. The van der Waals surface area contributed by atoms with Gasteiger partial charge in [-0.25, -0.2) is 0 Å². The molecular formula is C39H41ClN4O7. The molecule has 2 aliphatic heterocycles. The minimum atomic E-state index is -1.13. The summed E-state index contributed by atoms with van der Waals surface area (Å²) in [5, 5.41) is 29.7. The smallest absolute Gasteiger partial charge is 0.321 e. The van der Waals surface area contributed by atoms with E-state index in [4.69, 9.17) is 25.8 Å². The third kappa shape index (κ3) is 7.51. The number of carbonyl (C=O) groups is 2. The van der Waals surface area contributed by atoms with Gasteiger partial charge in [0.25, 0.3) is 0 Å². The van der Waals surface area contributed by atoms with E-state index in [9.17, 15) is 25.1 Å². The number of nitrogens with zero attached hydrogens (tertiary/aromatic N) is 4. The second-order valence-corrected chi connectivity index (χ2v) is 14.0. The molecule has 3 aromatic rings. The second-order valence-electron chi connectivity index (χ2n) is 13.6. The molecule has 1 aliphatic carbocycles. The molecule has 0 bridgehead atoms. The molecule has 3 heterocycles. The van der Waals surface area contributed by atoms with Crippen molar-refractivity contribution in [1.29, 1.82) is 5.26 Å². The number of carbonyl (C=O) groups excluding carboxylic acids is 1. The number of morpholine rings is 1. The van der Waals surface area contributed by atoms with Gasteiger partial charge in [0.15, 0.2) is 0 Å². The van der Waals surface area contributed by atoms with Gasteiger partial charge < -0.3 is 29.3 Å². The number of carboxylic acids is 1. The average Bonchev–Trinajstić information content (AvgIpc) is 3.51. The number of hydrogen-bond acceptors (Lipinski definition) is 9. The van der Waals surface area contributed by atoms with Crippen molar-refractivity contribution in [3.05, 3.63) is 106 Å². The fraction of sp³-hybridized carbons (Fsp3) is 0.385. The maximum absolute atomic E-state index is 14.7. The van der Waals surface area contributed by atoms with E-state index in [0.717, 1.165) is 11.1 Å². The van der Waals surface area contributed by atoms with Gasteiger partial charge in [-0.1, -0.05) is 74.0 Å². The van der Waals surface area contributed by atoms with E-state index in [2.05, 4.69) is 24.9 Å². The normalized spacial score (nSPS) is 23.0. The topological polar surface area (TPSA) is 145 Å². The molecule has 11 nitrogen and oxygen atoms in total. The third-order valence-corrected chi connectivity index (χ3v) is 10.4. The van der Waals surface area contributed by atoms with Crippen molar-refractivity contribution in [3.63, 3.8) is 0 Å². The lowest BCUT2D eigenvalue weighted by atomic mass is 9.58. The predicted octanol–water partition coefficient (Wildman–Crippen LogP) is 5.11. The van der Waals surface area contributed by atoms with Crippen LogP contribution in [0.5, 0.6) is 11.5 Å². The minimum Gasteiger partial charge on any atom is -0.490 e. The van der Waals surface area contributed by atoms with E-state index in [1.165, 1.54) is 6.20 Å². The number of hydrogen-bond donors (Lipinski definition) is 2. The molecule has 266 valence electrons. The van der Waals surface area contributed by atoms with Crippen LogP contribution in [0.15, 0.2) is 79.2 Å². The minimum absolute atomic E-state index is 0.0388. The van der Waals surface area contributed by atoms with Gasteiger partial charge in [0.2, 0.25) is 5.91 Å². The molecular weight excluding hydrogens is 672 g/mol. The highest BCUT2D eigenvalue weighted by atomic mass is 35.5.